The van der Waals surface area contributed by atoms with Gasteiger partial charge in [-0.05, 0) is 25.3 Å². The minimum absolute atomic E-state index is 0.240. The van der Waals surface area contributed by atoms with Gasteiger partial charge in [-0.1, -0.05) is 30.3 Å². The Hall–Kier alpha value is -0.900. The molecule has 0 saturated carbocycles. The molecule has 0 aliphatic carbocycles. The normalized spacial score (nSPS) is 14.5. The fourth-order valence-electron chi connectivity index (χ4n) is 1.97. The summed E-state index contributed by atoms with van der Waals surface area (Å²) in [6.07, 6.45) is 1.75. The summed E-state index contributed by atoms with van der Waals surface area (Å²) in [4.78, 5) is 0. The monoisotopic (exact) mass is 237 g/mol. The largest absolute Gasteiger partial charge is 0.396 e. The van der Waals surface area contributed by atoms with Crippen molar-refractivity contribution in [1.82, 2.24) is 5.32 Å². The molecule has 2 unspecified atom stereocenters. The van der Waals surface area contributed by atoms with Crippen molar-refractivity contribution in [1.29, 1.82) is 0 Å². The van der Waals surface area contributed by atoms with Gasteiger partial charge in [0, 0.05) is 25.8 Å². The highest BCUT2D eigenvalue weighted by Crippen LogP contribution is 2.18. The van der Waals surface area contributed by atoms with E-state index >= 15 is 0 Å². The number of nitrogens with one attached hydrogen (secondary N) is 1. The van der Waals surface area contributed by atoms with E-state index in [0.29, 0.717) is 12.6 Å². The van der Waals surface area contributed by atoms with Crippen molar-refractivity contribution in [3.05, 3.63) is 35.9 Å². The molecule has 3 heteroatoms. The van der Waals surface area contributed by atoms with Gasteiger partial charge >= 0.3 is 0 Å². The fourth-order valence-corrected chi connectivity index (χ4v) is 1.97. The summed E-state index contributed by atoms with van der Waals surface area (Å²) >= 11 is 0. The molecule has 0 amide bonds. The predicted molar refractivity (Wildman–Crippen MR) is 70.0 cm³/mol. The van der Waals surface area contributed by atoms with E-state index < -0.39 is 0 Å². The Morgan fingerprint density at radius 3 is 2.59 bits per heavy atom. The maximum Gasteiger partial charge on any atom is 0.0613 e. The Morgan fingerprint density at radius 2 is 2.00 bits per heavy atom. The minimum atomic E-state index is 0.240. The highest BCUT2D eigenvalue weighted by Gasteiger charge is 2.13. The van der Waals surface area contributed by atoms with E-state index in [-0.39, 0.29) is 12.6 Å². The molecular weight excluding hydrogens is 214 g/mol. The third-order valence-electron chi connectivity index (χ3n) is 2.76. The number of aliphatic hydroxyl groups is 1. The van der Waals surface area contributed by atoms with Gasteiger partial charge in [0.15, 0.2) is 0 Å². The Labute approximate surface area is 104 Å². The Morgan fingerprint density at radius 1 is 1.29 bits per heavy atom. The summed E-state index contributed by atoms with van der Waals surface area (Å²) in [7, 11) is 1.71. The van der Waals surface area contributed by atoms with Crippen molar-refractivity contribution in [2.75, 3.05) is 20.3 Å². The summed E-state index contributed by atoms with van der Waals surface area (Å²) in [6.45, 7) is 3.05. The van der Waals surface area contributed by atoms with Gasteiger partial charge in [0.05, 0.1) is 6.61 Å². The minimum Gasteiger partial charge on any atom is -0.396 e. The molecule has 1 rings (SSSR count). The van der Waals surface area contributed by atoms with E-state index in [1.807, 2.05) is 18.2 Å². The van der Waals surface area contributed by atoms with Gasteiger partial charge in [0.25, 0.3) is 0 Å². The molecular formula is C14H23NO2. The van der Waals surface area contributed by atoms with Gasteiger partial charge in [-0.2, -0.15) is 0 Å². The summed E-state index contributed by atoms with van der Waals surface area (Å²) in [5.41, 5.74) is 1.27. The zero-order chi connectivity index (χ0) is 12.5. The molecule has 2 atom stereocenters. The van der Waals surface area contributed by atoms with Crippen LogP contribution in [-0.4, -0.2) is 31.5 Å². The molecule has 0 saturated heterocycles. The van der Waals surface area contributed by atoms with E-state index in [2.05, 4.69) is 24.4 Å². The van der Waals surface area contributed by atoms with Crippen molar-refractivity contribution in [3.8, 4) is 0 Å². The average Bonchev–Trinajstić information content (AvgIpc) is 2.36. The van der Waals surface area contributed by atoms with Crippen LogP contribution in [0.4, 0.5) is 0 Å². The lowest BCUT2D eigenvalue weighted by molar-refractivity contribution is 0.164. The quantitative estimate of drug-likeness (QED) is 0.727. The number of hydrogen-bond acceptors (Lipinski definition) is 3. The van der Waals surface area contributed by atoms with Crippen LogP contribution < -0.4 is 5.32 Å². The van der Waals surface area contributed by atoms with Gasteiger partial charge < -0.3 is 15.2 Å². The molecule has 2 N–H and O–H groups in total. The van der Waals surface area contributed by atoms with E-state index in [1.165, 1.54) is 5.56 Å². The maximum atomic E-state index is 8.95. The van der Waals surface area contributed by atoms with Crippen LogP contribution in [0.1, 0.15) is 31.4 Å². The average molecular weight is 237 g/mol. The van der Waals surface area contributed by atoms with Crippen LogP contribution in [0, 0.1) is 0 Å². The molecule has 0 aliphatic heterocycles. The number of aliphatic hydroxyl groups excluding tert-OH is 1. The summed E-state index contributed by atoms with van der Waals surface area (Å²) < 4.78 is 5.13. The molecule has 0 radical (unpaired) electrons. The molecule has 3 nitrogen and oxygen atoms in total. The van der Waals surface area contributed by atoms with Crippen molar-refractivity contribution >= 4 is 0 Å². The summed E-state index contributed by atoms with van der Waals surface area (Å²) in [5, 5.41) is 12.5. The molecule has 96 valence electrons. The Kier molecular flexibility index (Phi) is 6.86. The van der Waals surface area contributed by atoms with Crippen LogP contribution in [0.15, 0.2) is 30.3 Å². The molecule has 0 fully saturated rings. The lowest BCUT2D eigenvalue weighted by Crippen LogP contribution is -2.34. The SMILES string of the molecule is COCC(C)NC(CCCO)c1ccccc1. The highest BCUT2D eigenvalue weighted by molar-refractivity contribution is 5.18. The first-order chi connectivity index (χ1) is 8.27. The second-order valence-electron chi connectivity index (χ2n) is 4.35. The number of benzene rings is 1. The molecule has 0 bridgehead atoms. The molecule has 1 aromatic rings. The smallest absolute Gasteiger partial charge is 0.0613 e. The lowest BCUT2D eigenvalue weighted by Gasteiger charge is -2.23. The second-order valence-corrected chi connectivity index (χ2v) is 4.35. The molecule has 0 spiro atoms. The number of methoxy groups -OCH3 is 1. The summed E-state index contributed by atoms with van der Waals surface area (Å²) in [6, 6.07) is 10.9. The van der Waals surface area contributed by atoms with Crippen LogP contribution in [0.3, 0.4) is 0 Å². The molecule has 0 aromatic heterocycles. The third-order valence-corrected chi connectivity index (χ3v) is 2.76. The second kappa shape index (κ2) is 8.23. The van der Waals surface area contributed by atoms with Crippen LogP contribution in [-0.2, 0) is 4.74 Å². The van der Waals surface area contributed by atoms with Crippen LogP contribution in [0.25, 0.3) is 0 Å². The number of ether oxygens (including phenoxy) is 1. The molecule has 0 aliphatic rings. The van der Waals surface area contributed by atoms with Crippen molar-refractivity contribution < 1.29 is 9.84 Å². The van der Waals surface area contributed by atoms with E-state index in [4.69, 9.17) is 9.84 Å². The maximum absolute atomic E-state index is 8.95. The van der Waals surface area contributed by atoms with E-state index in [1.54, 1.807) is 7.11 Å². The van der Waals surface area contributed by atoms with Crippen molar-refractivity contribution in [2.45, 2.75) is 31.8 Å². The highest BCUT2D eigenvalue weighted by atomic mass is 16.5. The zero-order valence-corrected chi connectivity index (χ0v) is 10.7. The van der Waals surface area contributed by atoms with E-state index in [0.717, 1.165) is 12.8 Å². The lowest BCUT2D eigenvalue weighted by atomic mass is 10.0. The zero-order valence-electron chi connectivity index (χ0n) is 10.7. The van der Waals surface area contributed by atoms with Gasteiger partial charge in [-0.25, -0.2) is 0 Å². The van der Waals surface area contributed by atoms with Gasteiger partial charge in [0.2, 0.25) is 0 Å². The topological polar surface area (TPSA) is 41.5 Å². The third kappa shape index (κ3) is 5.31. The first-order valence-electron chi connectivity index (χ1n) is 6.18. The number of rotatable bonds is 8. The van der Waals surface area contributed by atoms with Crippen LogP contribution in [0.2, 0.25) is 0 Å². The summed E-state index contributed by atoms with van der Waals surface area (Å²) in [5.74, 6) is 0. The van der Waals surface area contributed by atoms with Crippen molar-refractivity contribution in [3.63, 3.8) is 0 Å². The van der Waals surface area contributed by atoms with E-state index in [9.17, 15) is 0 Å². The molecule has 17 heavy (non-hydrogen) atoms. The van der Waals surface area contributed by atoms with Gasteiger partial charge in [0.1, 0.15) is 0 Å². The molecule has 0 heterocycles. The molecule has 1 aromatic carbocycles. The van der Waals surface area contributed by atoms with Gasteiger partial charge in [-0.15, -0.1) is 0 Å². The van der Waals surface area contributed by atoms with Gasteiger partial charge in [-0.3, -0.25) is 0 Å². The fraction of sp³-hybridized carbons (Fsp3) is 0.571. The predicted octanol–water partition coefficient (Wildman–Crippen LogP) is 2.12. The van der Waals surface area contributed by atoms with Crippen molar-refractivity contribution in [2.24, 2.45) is 0 Å². The Bertz CT molecular complexity index is 290. The van der Waals surface area contributed by atoms with Crippen LogP contribution >= 0.6 is 0 Å². The first kappa shape index (κ1) is 14.2. The standard InChI is InChI=1S/C14H23NO2/c1-12(11-17-2)15-14(9-6-10-16)13-7-4-3-5-8-13/h3-5,7-8,12,14-16H,6,9-11H2,1-2H3. The first-order valence-corrected chi connectivity index (χ1v) is 6.18. The number of hydrogen-bond donors (Lipinski definition) is 2. The van der Waals surface area contributed by atoms with Crippen LogP contribution in [0.5, 0.6) is 0 Å². The Balaban J connectivity index is 2.60.